The quantitative estimate of drug-likeness (QED) is 0.485. The highest BCUT2D eigenvalue weighted by atomic mass is 16.5. The fourth-order valence-electron chi connectivity index (χ4n) is 3.12. The van der Waals surface area contributed by atoms with Gasteiger partial charge in [0.1, 0.15) is 11.2 Å². The number of benzene rings is 3. The van der Waals surface area contributed by atoms with E-state index in [1.165, 1.54) is 6.08 Å². The van der Waals surface area contributed by atoms with Gasteiger partial charge in [0.15, 0.2) is 11.5 Å². The highest BCUT2D eigenvalue weighted by molar-refractivity contribution is 6.07. The Bertz CT molecular complexity index is 1190. The highest BCUT2D eigenvalue weighted by Crippen LogP contribution is 2.30. The van der Waals surface area contributed by atoms with Crippen molar-refractivity contribution in [2.24, 2.45) is 0 Å². The number of furan rings is 1. The third-order valence-corrected chi connectivity index (χ3v) is 4.48. The lowest BCUT2D eigenvalue weighted by Crippen LogP contribution is -2.07. The predicted octanol–water partition coefficient (Wildman–Crippen LogP) is 5.26. The summed E-state index contributed by atoms with van der Waals surface area (Å²) in [6.07, 6.45) is 3.20. The van der Waals surface area contributed by atoms with Gasteiger partial charge in [0.05, 0.1) is 14.2 Å². The molecule has 0 saturated heterocycles. The first-order chi connectivity index (χ1) is 13.7. The van der Waals surface area contributed by atoms with E-state index in [1.807, 2.05) is 54.6 Å². The molecule has 0 spiro atoms. The van der Waals surface area contributed by atoms with E-state index >= 15 is 0 Å². The zero-order chi connectivity index (χ0) is 19.5. The number of methoxy groups -OCH3 is 2. The molecule has 0 bridgehead atoms. The fraction of sp³-hybridized carbons (Fsp3) is 0.0870. The van der Waals surface area contributed by atoms with Crippen LogP contribution in [0, 0.1) is 0 Å². The van der Waals surface area contributed by atoms with E-state index in [-0.39, 0.29) is 5.91 Å². The molecule has 140 valence electrons. The van der Waals surface area contributed by atoms with E-state index in [1.54, 1.807) is 26.4 Å². The van der Waals surface area contributed by atoms with Gasteiger partial charge in [0, 0.05) is 28.6 Å². The van der Waals surface area contributed by atoms with Crippen molar-refractivity contribution in [2.75, 3.05) is 19.5 Å². The van der Waals surface area contributed by atoms with Crippen LogP contribution in [0.3, 0.4) is 0 Å². The molecule has 5 heteroatoms. The molecule has 0 radical (unpaired) electrons. The van der Waals surface area contributed by atoms with Crippen molar-refractivity contribution in [3.63, 3.8) is 0 Å². The standard InChI is InChI=1S/C23H19NO4/c1-26-20-11-7-15(13-22(20)27-2)8-12-23(25)24-16-9-10-18-17-5-3-4-6-19(17)28-21(18)14-16/h3-14H,1-2H3,(H,24,25)/b12-8+. The van der Waals surface area contributed by atoms with Crippen LogP contribution < -0.4 is 14.8 Å². The monoisotopic (exact) mass is 373 g/mol. The number of hydrogen-bond donors (Lipinski definition) is 1. The molecule has 1 aromatic heterocycles. The summed E-state index contributed by atoms with van der Waals surface area (Å²) in [6, 6.07) is 19.0. The summed E-state index contributed by atoms with van der Waals surface area (Å²) in [5, 5.41) is 4.94. The Labute approximate surface area is 162 Å². The average molecular weight is 373 g/mol. The Morgan fingerprint density at radius 1 is 0.893 bits per heavy atom. The number of hydrogen-bond acceptors (Lipinski definition) is 4. The summed E-state index contributed by atoms with van der Waals surface area (Å²) in [5.41, 5.74) is 3.08. The van der Waals surface area contributed by atoms with Crippen molar-refractivity contribution in [3.05, 3.63) is 72.3 Å². The van der Waals surface area contributed by atoms with Gasteiger partial charge < -0.3 is 19.2 Å². The van der Waals surface area contributed by atoms with Crippen molar-refractivity contribution >= 4 is 39.6 Å². The molecule has 0 aliphatic rings. The minimum Gasteiger partial charge on any atom is -0.493 e. The first kappa shape index (κ1) is 17.7. The Morgan fingerprint density at radius 3 is 2.50 bits per heavy atom. The van der Waals surface area contributed by atoms with Crippen LogP contribution in [0.25, 0.3) is 28.0 Å². The normalized spacial score (nSPS) is 11.2. The number of para-hydroxylation sites is 1. The van der Waals surface area contributed by atoms with Crippen LogP contribution in [-0.2, 0) is 4.79 Å². The maximum absolute atomic E-state index is 12.3. The third kappa shape index (κ3) is 3.42. The molecule has 0 unspecified atom stereocenters. The number of ether oxygens (including phenoxy) is 2. The Morgan fingerprint density at radius 2 is 1.68 bits per heavy atom. The van der Waals surface area contributed by atoms with Crippen LogP contribution in [0.4, 0.5) is 5.69 Å². The number of nitrogens with one attached hydrogen (secondary N) is 1. The molecule has 0 atom stereocenters. The van der Waals surface area contributed by atoms with E-state index in [0.29, 0.717) is 17.2 Å². The van der Waals surface area contributed by atoms with E-state index < -0.39 is 0 Å². The number of fused-ring (bicyclic) bond motifs is 3. The van der Waals surface area contributed by atoms with Crippen molar-refractivity contribution < 1.29 is 18.7 Å². The third-order valence-electron chi connectivity index (χ3n) is 4.48. The van der Waals surface area contributed by atoms with Gasteiger partial charge in [-0.1, -0.05) is 24.3 Å². The van der Waals surface area contributed by atoms with Crippen molar-refractivity contribution in [2.45, 2.75) is 0 Å². The molecule has 1 amide bonds. The van der Waals surface area contributed by atoms with E-state index in [0.717, 1.165) is 27.5 Å². The molecule has 5 nitrogen and oxygen atoms in total. The van der Waals surface area contributed by atoms with Crippen LogP contribution in [0.1, 0.15) is 5.56 Å². The molecule has 0 fully saturated rings. The summed E-state index contributed by atoms with van der Waals surface area (Å²) in [6.45, 7) is 0. The van der Waals surface area contributed by atoms with E-state index in [4.69, 9.17) is 13.9 Å². The van der Waals surface area contributed by atoms with Gasteiger partial charge >= 0.3 is 0 Å². The number of carbonyl (C=O) groups is 1. The topological polar surface area (TPSA) is 60.7 Å². The lowest BCUT2D eigenvalue weighted by atomic mass is 10.1. The second kappa shape index (κ2) is 7.48. The summed E-state index contributed by atoms with van der Waals surface area (Å²) < 4.78 is 16.3. The van der Waals surface area contributed by atoms with Gasteiger partial charge in [-0.25, -0.2) is 0 Å². The van der Waals surface area contributed by atoms with Gasteiger partial charge in [0.2, 0.25) is 5.91 Å². The van der Waals surface area contributed by atoms with Crippen molar-refractivity contribution in [1.29, 1.82) is 0 Å². The maximum Gasteiger partial charge on any atom is 0.248 e. The van der Waals surface area contributed by atoms with Gasteiger partial charge in [-0.3, -0.25) is 4.79 Å². The van der Waals surface area contributed by atoms with Crippen molar-refractivity contribution in [3.8, 4) is 11.5 Å². The van der Waals surface area contributed by atoms with Crippen LogP contribution in [0.2, 0.25) is 0 Å². The minimum atomic E-state index is -0.231. The Kier molecular flexibility index (Phi) is 4.72. The van der Waals surface area contributed by atoms with Crippen LogP contribution >= 0.6 is 0 Å². The second-order valence-electron chi connectivity index (χ2n) is 6.25. The average Bonchev–Trinajstić information content (AvgIpc) is 3.09. The molecule has 1 heterocycles. The molecule has 4 aromatic rings. The van der Waals surface area contributed by atoms with E-state index in [2.05, 4.69) is 5.32 Å². The SMILES string of the molecule is COc1ccc(/C=C/C(=O)Nc2ccc3c(c2)oc2ccccc23)cc1OC. The number of carbonyl (C=O) groups excluding carboxylic acids is 1. The molecule has 4 rings (SSSR count). The summed E-state index contributed by atoms with van der Waals surface area (Å²) in [4.78, 5) is 12.3. The van der Waals surface area contributed by atoms with Gasteiger partial charge in [0.25, 0.3) is 0 Å². The molecule has 1 N–H and O–H groups in total. The van der Waals surface area contributed by atoms with Crippen LogP contribution in [-0.4, -0.2) is 20.1 Å². The summed E-state index contributed by atoms with van der Waals surface area (Å²) in [5.74, 6) is 1.02. The highest BCUT2D eigenvalue weighted by Gasteiger charge is 2.08. The van der Waals surface area contributed by atoms with Gasteiger partial charge in [-0.05, 0) is 42.0 Å². The van der Waals surface area contributed by atoms with Gasteiger partial charge in [-0.2, -0.15) is 0 Å². The fourth-order valence-corrected chi connectivity index (χ4v) is 3.12. The van der Waals surface area contributed by atoms with E-state index in [9.17, 15) is 4.79 Å². The zero-order valence-corrected chi connectivity index (χ0v) is 15.6. The minimum absolute atomic E-state index is 0.231. The smallest absolute Gasteiger partial charge is 0.248 e. The predicted molar refractivity (Wildman–Crippen MR) is 111 cm³/mol. The second-order valence-corrected chi connectivity index (χ2v) is 6.25. The summed E-state index contributed by atoms with van der Waals surface area (Å²) >= 11 is 0. The lowest BCUT2D eigenvalue weighted by Gasteiger charge is -2.07. The summed E-state index contributed by atoms with van der Waals surface area (Å²) in [7, 11) is 3.16. The van der Waals surface area contributed by atoms with Crippen LogP contribution in [0.5, 0.6) is 11.5 Å². The first-order valence-corrected chi connectivity index (χ1v) is 8.80. The molecule has 0 saturated carbocycles. The van der Waals surface area contributed by atoms with Crippen LogP contribution in [0.15, 0.2) is 71.2 Å². The number of amides is 1. The molecular weight excluding hydrogens is 354 g/mol. The lowest BCUT2D eigenvalue weighted by molar-refractivity contribution is -0.111. The molecule has 3 aromatic carbocycles. The molecular formula is C23H19NO4. The first-order valence-electron chi connectivity index (χ1n) is 8.80. The van der Waals surface area contributed by atoms with Crippen molar-refractivity contribution in [1.82, 2.24) is 0 Å². The molecule has 0 aliphatic heterocycles. The van der Waals surface area contributed by atoms with Gasteiger partial charge in [-0.15, -0.1) is 0 Å². The molecule has 28 heavy (non-hydrogen) atoms. The maximum atomic E-state index is 12.3. The number of rotatable bonds is 5. The Balaban J connectivity index is 1.51. The largest absolute Gasteiger partial charge is 0.493 e. The zero-order valence-electron chi connectivity index (χ0n) is 15.6. The number of anilines is 1. The Hall–Kier alpha value is -3.73. The molecule has 0 aliphatic carbocycles.